The number of nitroso groups, excluding NO2 is 1. The summed E-state index contributed by atoms with van der Waals surface area (Å²) in [5.74, 6) is 0. The van der Waals surface area contributed by atoms with Crippen molar-refractivity contribution in [2.45, 2.75) is 124 Å². The summed E-state index contributed by atoms with van der Waals surface area (Å²) >= 11 is 0. The highest BCUT2D eigenvalue weighted by Crippen LogP contribution is 2.27. The van der Waals surface area contributed by atoms with Crippen molar-refractivity contribution in [1.29, 1.82) is 0 Å². The number of aryl methyl sites for hydroxylation is 1. The second kappa shape index (κ2) is 15.8. The molecule has 0 N–H and O–H groups in total. The van der Waals surface area contributed by atoms with Crippen LogP contribution in [0.5, 0.6) is 0 Å². The van der Waals surface area contributed by atoms with Crippen molar-refractivity contribution in [2.75, 3.05) is 0 Å². The molecule has 1 aromatic carbocycles. The van der Waals surface area contributed by atoms with Crippen LogP contribution in [0.15, 0.2) is 17.3 Å². The Morgan fingerprint density at radius 3 is 1.56 bits per heavy atom. The maximum absolute atomic E-state index is 11.0. The van der Waals surface area contributed by atoms with E-state index >= 15 is 0 Å². The molecule has 0 atom stereocenters. The van der Waals surface area contributed by atoms with E-state index in [1.807, 2.05) is 12.1 Å². The molecular weight excluding hydrogens is 330 g/mol. The van der Waals surface area contributed by atoms with E-state index < -0.39 is 0 Å². The van der Waals surface area contributed by atoms with Crippen LogP contribution >= 0.6 is 0 Å². The molecule has 27 heavy (non-hydrogen) atoms. The van der Waals surface area contributed by atoms with Crippen molar-refractivity contribution in [3.05, 3.63) is 33.7 Å². The zero-order valence-electron chi connectivity index (χ0n) is 18.3. The summed E-state index contributed by atoms with van der Waals surface area (Å²) in [6.45, 7) is 6.51. The molecule has 0 aromatic heterocycles. The zero-order chi connectivity index (χ0) is 19.7. The molecule has 0 spiro atoms. The highest BCUT2D eigenvalue weighted by Gasteiger charge is 2.08. The van der Waals surface area contributed by atoms with E-state index in [-0.39, 0.29) is 0 Å². The van der Waals surface area contributed by atoms with Crippen molar-refractivity contribution in [1.82, 2.24) is 0 Å². The summed E-state index contributed by atoms with van der Waals surface area (Å²) in [6.07, 6.45) is 21.8. The number of nitrogens with zero attached hydrogens (tertiary/aromatic N) is 1. The van der Waals surface area contributed by atoms with Crippen molar-refractivity contribution in [3.63, 3.8) is 0 Å². The van der Waals surface area contributed by atoms with Crippen molar-refractivity contribution in [2.24, 2.45) is 5.18 Å². The van der Waals surface area contributed by atoms with Gasteiger partial charge in [0.25, 0.3) is 0 Å². The second-order valence-corrected chi connectivity index (χ2v) is 8.30. The van der Waals surface area contributed by atoms with Gasteiger partial charge in [0.15, 0.2) is 0 Å². The average Bonchev–Trinajstić information content (AvgIpc) is 2.68. The SMILES string of the molecule is CCCCCCCCCCCCCCCCCc1c(N=O)ccc(C)c1C. The molecule has 2 nitrogen and oxygen atoms in total. The number of hydrogen-bond acceptors (Lipinski definition) is 2. The molecule has 0 heterocycles. The van der Waals surface area contributed by atoms with Crippen molar-refractivity contribution < 1.29 is 0 Å². The minimum Gasteiger partial charge on any atom is -0.145 e. The van der Waals surface area contributed by atoms with Gasteiger partial charge in [0.1, 0.15) is 5.69 Å². The zero-order valence-corrected chi connectivity index (χ0v) is 18.3. The molecule has 0 unspecified atom stereocenters. The molecule has 154 valence electrons. The summed E-state index contributed by atoms with van der Waals surface area (Å²) in [6, 6.07) is 3.87. The number of hydrogen-bond donors (Lipinski definition) is 0. The largest absolute Gasteiger partial charge is 0.145 e. The van der Waals surface area contributed by atoms with Gasteiger partial charge in [-0.2, -0.15) is 0 Å². The highest BCUT2D eigenvalue weighted by molar-refractivity contribution is 5.52. The maximum atomic E-state index is 11.0. The van der Waals surface area contributed by atoms with Crippen LogP contribution in [-0.2, 0) is 6.42 Å². The van der Waals surface area contributed by atoms with Crippen LogP contribution in [0, 0.1) is 18.8 Å². The van der Waals surface area contributed by atoms with Crippen LogP contribution in [0.3, 0.4) is 0 Å². The molecule has 0 fully saturated rings. The molecule has 0 amide bonds. The number of rotatable bonds is 17. The van der Waals surface area contributed by atoms with E-state index in [4.69, 9.17) is 0 Å². The second-order valence-electron chi connectivity index (χ2n) is 8.30. The van der Waals surface area contributed by atoms with Gasteiger partial charge in [0.2, 0.25) is 0 Å². The van der Waals surface area contributed by atoms with Gasteiger partial charge >= 0.3 is 0 Å². The van der Waals surface area contributed by atoms with E-state index in [9.17, 15) is 4.91 Å². The third-order valence-electron chi connectivity index (χ3n) is 5.97. The third kappa shape index (κ3) is 10.7. The topological polar surface area (TPSA) is 29.4 Å². The lowest BCUT2D eigenvalue weighted by molar-refractivity contribution is 0.532. The van der Waals surface area contributed by atoms with Gasteiger partial charge in [0, 0.05) is 0 Å². The van der Waals surface area contributed by atoms with Crippen LogP contribution in [0.4, 0.5) is 5.69 Å². The van der Waals surface area contributed by atoms with E-state index in [0.29, 0.717) is 5.69 Å². The molecule has 1 rings (SSSR count). The summed E-state index contributed by atoms with van der Waals surface area (Å²) in [5, 5.41) is 3.21. The lowest BCUT2D eigenvalue weighted by Gasteiger charge is -2.10. The Morgan fingerprint density at radius 2 is 1.11 bits per heavy atom. The minimum atomic E-state index is 0.642. The molecule has 0 saturated carbocycles. The summed E-state index contributed by atoms with van der Waals surface area (Å²) in [4.78, 5) is 11.0. The first-order valence-corrected chi connectivity index (χ1v) is 11.6. The van der Waals surface area contributed by atoms with Gasteiger partial charge < -0.3 is 0 Å². The Labute approximate surface area is 168 Å². The monoisotopic (exact) mass is 373 g/mol. The Kier molecular flexibility index (Phi) is 14.0. The fraction of sp³-hybridized carbons (Fsp3) is 0.760. The van der Waals surface area contributed by atoms with Crippen LogP contribution in [0.25, 0.3) is 0 Å². The predicted molar refractivity (Wildman–Crippen MR) is 120 cm³/mol. The summed E-state index contributed by atoms with van der Waals surface area (Å²) < 4.78 is 0. The van der Waals surface area contributed by atoms with Gasteiger partial charge in [-0.3, -0.25) is 0 Å². The molecule has 2 heteroatoms. The Hall–Kier alpha value is -1.18. The maximum Gasteiger partial charge on any atom is 0.111 e. The van der Waals surface area contributed by atoms with Crippen LogP contribution in [0.2, 0.25) is 0 Å². The van der Waals surface area contributed by atoms with Gasteiger partial charge in [-0.05, 0) is 54.6 Å². The van der Waals surface area contributed by atoms with Crippen molar-refractivity contribution in [3.8, 4) is 0 Å². The average molecular weight is 374 g/mol. The molecular formula is C25H43NO. The molecule has 0 bridgehead atoms. The smallest absolute Gasteiger partial charge is 0.111 e. The van der Waals surface area contributed by atoms with E-state index in [1.165, 1.54) is 113 Å². The van der Waals surface area contributed by atoms with E-state index in [1.54, 1.807) is 0 Å². The van der Waals surface area contributed by atoms with Gasteiger partial charge in [-0.1, -0.05) is 103 Å². The lowest BCUT2D eigenvalue weighted by atomic mass is 9.96. The summed E-state index contributed by atoms with van der Waals surface area (Å²) in [7, 11) is 0. The van der Waals surface area contributed by atoms with E-state index in [0.717, 1.165) is 6.42 Å². The fourth-order valence-corrected chi connectivity index (χ4v) is 3.93. The predicted octanol–water partition coefficient (Wildman–Crippen LogP) is 9.12. The summed E-state index contributed by atoms with van der Waals surface area (Å²) in [5.41, 5.74) is 4.32. The normalized spacial score (nSPS) is 11.1. The molecule has 0 radical (unpaired) electrons. The molecule has 1 aromatic rings. The van der Waals surface area contributed by atoms with Crippen LogP contribution < -0.4 is 0 Å². The molecule has 0 aliphatic carbocycles. The quantitative estimate of drug-likeness (QED) is 0.198. The Morgan fingerprint density at radius 1 is 0.667 bits per heavy atom. The molecule has 0 aliphatic heterocycles. The third-order valence-corrected chi connectivity index (χ3v) is 5.97. The van der Waals surface area contributed by atoms with E-state index in [2.05, 4.69) is 25.9 Å². The highest BCUT2D eigenvalue weighted by atomic mass is 16.3. The Bertz CT molecular complexity index is 509. The van der Waals surface area contributed by atoms with Crippen LogP contribution in [0.1, 0.15) is 120 Å². The van der Waals surface area contributed by atoms with Crippen LogP contribution in [-0.4, -0.2) is 0 Å². The number of benzene rings is 1. The molecule has 0 aliphatic rings. The minimum absolute atomic E-state index is 0.642. The van der Waals surface area contributed by atoms with Gasteiger partial charge in [-0.15, -0.1) is 4.91 Å². The fourth-order valence-electron chi connectivity index (χ4n) is 3.93. The van der Waals surface area contributed by atoms with Gasteiger partial charge in [-0.25, -0.2) is 0 Å². The van der Waals surface area contributed by atoms with Crippen molar-refractivity contribution >= 4 is 5.69 Å². The van der Waals surface area contributed by atoms with Gasteiger partial charge in [0.05, 0.1) is 0 Å². The first kappa shape index (κ1) is 23.9. The molecule has 0 saturated heterocycles. The first-order chi connectivity index (χ1) is 13.2. The first-order valence-electron chi connectivity index (χ1n) is 11.6. The Balaban J connectivity index is 1.95. The lowest BCUT2D eigenvalue weighted by Crippen LogP contribution is -1.94. The number of unbranched alkanes of at least 4 members (excludes halogenated alkanes) is 14. The standard InChI is InChI=1S/C25H43NO/c1-4-5-6-7-8-9-10-11-12-13-14-15-16-17-18-19-24-23(3)22(2)20-21-25(24)26-27/h20-21H,4-19H2,1-3H3.